The molecule has 114 valence electrons. The zero-order valence-corrected chi connectivity index (χ0v) is 12.3. The quantitative estimate of drug-likeness (QED) is 0.677. The van der Waals surface area contributed by atoms with Crippen LogP contribution in [0, 0.1) is 10.1 Å². The summed E-state index contributed by atoms with van der Waals surface area (Å²) in [6.45, 7) is 2.02. The van der Waals surface area contributed by atoms with Gasteiger partial charge in [-0.25, -0.2) is 0 Å². The van der Waals surface area contributed by atoms with E-state index in [-0.39, 0.29) is 17.0 Å². The molecule has 6 nitrogen and oxygen atoms in total. The fourth-order valence-corrected chi connectivity index (χ4v) is 2.05. The Balaban J connectivity index is 2.25. The number of methoxy groups -OCH3 is 1. The van der Waals surface area contributed by atoms with E-state index in [9.17, 15) is 14.9 Å². The molecule has 2 rings (SSSR count). The lowest BCUT2D eigenvalue weighted by molar-refractivity contribution is -0.385. The van der Waals surface area contributed by atoms with Gasteiger partial charge < -0.3 is 10.1 Å². The second-order valence-electron chi connectivity index (χ2n) is 4.65. The first-order valence-corrected chi connectivity index (χ1v) is 6.78. The Hall–Kier alpha value is -2.89. The van der Waals surface area contributed by atoms with Crippen molar-refractivity contribution in [3.05, 3.63) is 63.7 Å². The van der Waals surface area contributed by atoms with Crippen LogP contribution in [-0.2, 0) is 6.42 Å². The third-order valence-corrected chi connectivity index (χ3v) is 3.23. The second kappa shape index (κ2) is 6.71. The van der Waals surface area contributed by atoms with Gasteiger partial charge in [-0.1, -0.05) is 19.1 Å². The molecule has 0 aliphatic carbocycles. The minimum absolute atomic E-state index is 0.120. The molecular formula is C16H16N2O4. The monoisotopic (exact) mass is 300 g/mol. The van der Waals surface area contributed by atoms with Crippen LogP contribution in [0.4, 0.5) is 11.4 Å². The van der Waals surface area contributed by atoms with Crippen LogP contribution < -0.4 is 10.1 Å². The van der Waals surface area contributed by atoms with E-state index < -0.39 is 10.8 Å². The van der Waals surface area contributed by atoms with Crippen molar-refractivity contribution in [3.8, 4) is 5.75 Å². The molecule has 0 aliphatic heterocycles. The smallest absolute Gasteiger partial charge is 0.311 e. The molecule has 0 radical (unpaired) electrons. The van der Waals surface area contributed by atoms with Crippen LogP contribution in [0.15, 0.2) is 42.5 Å². The number of hydrogen-bond donors (Lipinski definition) is 1. The number of aryl methyl sites for hydroxylation is 1. The Morgan fingerprint density at radius 2 is 2.05 bits per heavy atom. The normalized spacial score (nSPS) is 10.1. The van der Waals surface area contributed by atoms with Crippen LogP contribution >= 0.6 is 0 Å². The average Bonchev–Trinajstić information content (AvgIpc) is 2.54. The highest BCUT2D eigenvalue weighted by Gasteiger charge is 2.18. The van der Waals surface area contributed by atoms with E-state index in [1.54, 1.807) is 6.07 Å². The lowest BCUT2D eigenvalue weighted by Gasteiger charge is -2.08. The molecule has 0 saturated carbocycles. The molecule has 0 aliphatic rings. The first kappa shape index (κ1) is 15.5. The van der Waals surface area contributed by atoms with E-state index in [1.165, 1.54) is 25.3 Å². The molecule has 0 unspecified atom stereocenters. The fraction of sp³-hybridized carbons (Fsp3) is 0.188. The van der Waals surface area contributed by atoms with Crippen molar-refractivity contribution in [1.29, 1.82) is 0 Å². The van der Waals surface area contributed by atoms with Gasteiger partial charge in [0.2, 0.25) is 0 Å². The number of amides is 1. The predicted octanol–water partition coefficient (Wildman–Crippen LogP) is 3.42. The van der Waals surface area contributed by atoms with Gasteiger partial charge in [-0.15, -0.1) is 0 Å². The van der Waals surface area contributed by atoms with Gasteiger partial charge in [0.25, 0.3) is 5.91 Å². The molecule has 0 heterocycles. The summed E-state index contributed by atoms with van der Waals surface area (Å²) in [5, 5.41) is 13.7. The highest BCUT2D eigenvalue weighted by molar-refractivity contribution is 6.04. The molecule has 0 aromatic heterocycles. The first-order chi connectivity index (χ1) is 10.5. The molecule has 1 amide bonds. The topological polar surface area (TPSA) is 81.5 Å². The number of hydrogen-bond acceptors (Lipinski definition) is 4. The highest BCUT2D eigenvalue weighted by Crippen LogP contribution is 2.27. The number of carbonyl (C=O) groups excluding carboxylic acids is 1. The molecule has 2 aromatic rings. The predicted molar refractivity (Wildman–Crippen MR) is 83.4 cm³/mol. The Bertz CT molecular complexity index is 713. The highest BCUT2D eigenvalue weighted by atomic mass is 16.6. The van der Waals surface area contributed by atoms with E-state index in [0.717, 1.165) is 12.0 Å². The van der Waals surface area contributed by atoms with Crippen LogP contribution in [0.3, 0.4) is 0 Å². The van der Waals surface area contributed by atoms with E-state index in [2.05, 4.69) is 5.32 Å². The van der Waals surface area contributed by atoms with Crippen molar-refractivity contribution in [2.45, 2.75) is 13.3 Å². The average molecular weight is 300 g/mol. The van der Waals surface area contributed by atoms with E-state index in [1.807, 2.05) is 25.1 Å². The molecule has 0 atom stereocenters. The summed E-state index contributed by atoms with van der Waals surface area (Å²) in [5.74, 6) is -0.284. The molecule has 6 heteroatoms. The van der Waals surface area contributed by atoms with Crippen LogP contribution in [0.25, 0.3) is 0 Å². The largest absolute Gasteiger partial charge is 0.490 e. The number of benzene rings is 2. The Morgan fingerprint density at radius 1 is 1.27 bits per heavy atom. The Kier molecular flexibility index (Phi) is 4.73. The summed E-state index contributed by atoms with van der Waals surface area (Å²) in [5.41, 5.74) is 1.72. The van der Waals surface area contributed by atoms with Gasteiger partial charge in [0, 0.05) is 17.3 Å². The van der Waals surface area contributed by atoms with Gasteiger partial charge >= 0.3 is 5.69 Å². The minimum Gasteiger partial charge on any atom is -0.490 e. The maximum atomic E-state index is 12.2. The van der Waals surface area contributed by atoms with Crippen molar-refractivity contribution in [2.24, 2.45) is 0 Å². The van der Waals surface area contributed by atoms with Gasteiger partial charge in [0.05, 0.1) is 12.0 Å². The molecule has 1 N–H and O–H groups in total. The third-order valence-electron chi connectivity index (χ3n) is 3.23. The number of nitro groups is 1. The fourth-order valence-electron chi connectivity index (χ4n) is 2.05. The van der Waals surface area contributed by atoms with Gasteiger partial charge in [-0.3, -0.25) is 14.9 Å². The number of nitrogens with one attached hydrogen (secondary N) is 1. The van der Waals surface area contributed by atoms with Crippen LogP contribution in [0.1, 0.15) is 22.8 Å². The summed E-state index contributed by atoms with van der Waals surface area (Å²) in [7, 11) is 1.35. The molecule has 0 spiro atoms. The Labute approximate surface area is 127 Å². The minimum atomic E-state index is -0.576. The number of rotatable bonds is 5. The van der Waals surface area contributed by atoms with Crippen molar-refractivity contribution in [2.75, 3.05) is 12.4 Å². The lowest BCUT2D eigenvalue weighted by Crippen LogP contribution is -2.12. The lowest BCUT2D eigenvalue weighted by atomic mass is 10.1. The number of nitro benzene ring substituents is 1. The second-order valence-corrected chi connectivity index (χ2v) is 4.65. The van der Waals surface area contributed by atoms with Crippen molar-refractivity contribution < 1.29 is 14.5 Å². The van der Waals surface area contributed by atoms with Gasteiger partial charge in [0.1, 0.15) is 0 Å². The number of ether oxygens (including phenoxy) is 1. The summed E-state index contributed by atoms with van der Waals surface area (Å²) in [4.78, 5) is 22.6. The maximum absolute atomic E-state index is 12.2. The molecule has 2 aromatic carbocycles. The van der Waals surface area contributed by atoms with Gasteiger partial charge in [-0.2, -0.15) is 0 Å². The van der Waals surface area contributed by atoms with Crippen LogP contribution in [0.2, 0.25) is 0 Å². The summed E-state index contributed by atoms with van der Waals surface area (Å²) in [6.07, 6.45) is 0.859. The van der Waals surface area contributed by atoms with Gasteiger partial charge in [0.15, 0.2) is 5.75 Å². The molecule has 22 heavy (non-hydrogen) atoms. The summed E-state index contributed by atoms with van der Waals surface area (Å²) < 4.78 is 4.92. The van der Waals surface area contributed by atoms with Crippen molar-refractivity contribution in [3.63, 3.8) is 0 Å². The van der Waals surface area contributed by atoms with Crippen molar-refractivity contribution >= 4 is 17.3 Å². The molecular weight excluding hydrogens is 284 g/mol. The summed E-state index contributed by atoms with van der Waals surface area (Å²) in [6, 6.07) is 11.6. The van der Waals surface area contributed by atoms with Crippen molar-refractivity contribution in [1.82, 2.24) is 0 Å². The van der Waals surface area contributed by atoms with Crippen LogP contribution in [-0.4, -0.2) is 17.9 Å². The zero-order valence-electron chi connectivity index (χ0n) is 12.3. The third kappa shape index (κ3) is 3.41. The SMILES string of the molecule is CCc1cccc(NC(=O)c2ccc(OC)c([N+](=O)[O-])c2)c1. The van der Waals surface area contributed by atoms with E-state index >= 15 is 0 Å². The molecule has 0 fully saturated rings. The Morgan fingerprint density at radius 3 is 2.68 bits per heavy atom. The number of carbonyl (C=O) groups is 1. The number of nitrogens with zero attached hydrogens (tertiary/aromatic N) is 1. The first-order valence-electron chi connectivity index (χ1n) is 6.78. The summed E-state index contributed by atoms with van der Waals surface area (Å²) >= 11 is 0. The standard InChI is InChI=1S/C16H16N2O4/c1-3-11-5-4-6-13(9-11)17-16(19)12-7-8-15(22-2)14(10-12)18(20)21/h4-10H,3H2,1-2H3,(H,17,19). The van der Waals surface area contributed by atoms with E-state index in [4.69, 9.17) is 4.74 Å². The van der Waals surface area contributed by atoms with Crippen LogP contribution in [0.5, 0.6) is 5.75 Å². The zero-order chi connectivity index (χ0) is 16.1. The van der Waals surface area contributed by atoms with E-state index in [0.29, 0.717) is 5.69 Å². The molecule has 0 saturated heterocycles. The number of anilines is 1. The molecule has 0 bridgehead atoms. The van der Waals surface area contributed by atoms with Gasteiger partial charge in [-0.05, 0) is 36.2 Å². The maximum Gasteiger partial charge on any atom is 0.311 e.